The molecular weight excluding hydrogens is 372 g/mol. The van der Waals surface area contributed by atoms with Crippen molar-refractivity contribution in [3.63, 3.8) is 0 Å². The molecular formula is C27H38O3. The van der Waals surface area contributed by atoms with Crippen molar-refractivity contribution in [2.45, 2.75) is 83.8 Å². The van der Waals surface area contributed by atoms with Gasteiger partial charge in [-0.05, 0) is 91.8 Å². The highest BCUT2D eigenvalue weighted by Gasteiger charge is 2.50. The van der Waals surface area contributed by atoms with Crippen molar-refractivity contribution in [2.24, 2.45) is 29.1 Å². The van der Waals surface area contributed by atoms with E-state index in [0.717, 1.165) is 30.4 Å². The molecule has 0 bridgehead atoms. The molecule has 4 aliphatic carbocycles. The summed E-state index contributed by atoms with van der Waals surface area (Å²) in [6, 6.07) is 0. The summed E-state index contributed by atoms with van der Waals surface area (Å²) < 4.78 is 0. The van der Waals surface area contributed by atoms with Crippen LogP contribution in [-0.2, 0) is 4.79 Å². The summed E-state index contributed by atoms with van der Waals surface area (Å²) in [5.74, 6) is 2.28. The molecule has 4 fully saturated rings. The SMILES string of the molecule is C=C1C(=CC=C2CCC[C@]3(C)[C@@H]([C@H](C)C=CC(=O)C4CC4)CC[C@@H]23)CC(O)CC1O. The maximum absolute atomic E-state index is 12.1. The van der Waals surface area contributed by atoms with Crippen LogP contribution in [0.5, 0.6) is 0 Å². The monoisotopic (exact) mass is 410 g/mol. The largest absolute Gasteiger partial charge is 0.393 e. The lowest BCUT2D eigenvalue weighted by molar-refractivity contribution is -0.115. The summed E-state index contributed by atoms with van der Waals surface area (Å²) in [6.45, 7) is 8.81. The predicted octanol–water partition coefficient (Wildman–Crippen LogP) is 5.30. The number of ketones is 1. The van der Waals surface area contributed by atoms with Crippen LogP contribution in [0.1, 0.15) is 71.6 Å². The maximum Gasteiger partial charge on any atom is 0.158 e. The molecule has 3 heteroatoms. The molecule has 4 aliphatic rings. The van der Waals surface area contributed by atoms with E-state index in [9.17, 15) is 15.0 Å². The number of rotatable bonds is 5. The Morgan fingerprint density at radius 3 is 2.70 bits per heavy atom. The zero-order chi connectivity index (χ0) is 21.5. The molecule has 164 valence electrons. The molecule has 0 spiro atoms. The molecule has 30 heavy (non-hydrogen) atoms. The van der Waals surface area contributed by atoms with Crippen molar-refractivity contribution in [1.29, 1.82) is 0 Å². The highest BCUT2D eigenvalue weighted by Crippen LogP contribution is 2.59. The van der Waals surface area contributed by atoms with Crippen molar-refractivity contribution >= 4 is 5.78 Å². The molecule has 6 atom stereocenters. The average Bonchev–Trinajstić information content (AvgIpc) is 3.49. The van der Waals surface area contributed by atoms with Gasteiger partial charge >= 0.3 is 0 Å². The number of hydrogen-bond acceptors (Lipinski definition) is 3. The van der Waals surface area contributed by atoms with Gasteiger partial charge in [0.25, 0.3) is 0 Å². The topological polar surface area (TPSA) is 57.5 Å². The first-order valence-corrected chi connectivity index (χ1v) is 12.0. The molecule has 0 saturated heterocycles. The first kappa shape index (κ1) is 21.8. The first-order valence-electron chi connectivity index (χ1n) is 12.0. The lowest BCUT2D eigenvalue weighted by Gasteiger charge is -2.44. The van der Waals surface area contributed by atoms with E-state index in [1.807, 2.05) is 6.08 Å². The normalized spacial score (nSPS) is 40.9. The number of carbonyl (C=O) groups excluding carboxylic acids is 1. The molecule has 2 unspecified atom stereocenters. The summed E-state index contributed by atoms with van der Waals surface area (Å²) in [5.41, 5.74) is 3.56. The van der Waals surface area contributed by atoms with Gasteiger partial charge in [0.15, 0.2) is 5.78 Å². The lowest BCUT2D eigenvalue weighted by Crippen LogP contribution is -2.35. The van der Waals surface area contributed by atoms with E-state index in [2.05, 4.69) is 38.7 Å². The van der Waals surface area contributed by atoms with Gasteiger partial charge in [0, 0.05) is 12.3 Å². The second-order valence-corrected chi connectivity index (χ2v) is 10.6. The number of aliphatic hydroxyl groups excluding tert-OH is 2. The van der Waals surface area contributed by atoms with E-state index in [0.29, 0.717) is 42.3 Å². The van der Waals surface area contributed by atoms with Crippen molar-refractivity contribution in [3.05, 3.63) is 47.6 Å². The summed E-state index contributed by atoms with van der Waals surface area (Å²) in [6.07, 6.45) is 16.5. The zero-order valence-corrected chi connectivity index (χ0v) is 18.6. The minimum Gasteiger partial charge on any atom is -0.393 e. The molecule has 2 N–H and O–H groups in total. The van der Waals surface area contributed by atoms with Crippen LogP contribution < -0.4 is 0 Å². The number of carbonyl (C=O) groups is 1. The van der Waals surface area contributed by atoms with Crippen LogP contribution >= 0.6 is 0 Å². The van der Waals surface area contributed by atoms with Gasteiger partial charge in [-0.3, -0.25) is 4.79 Å². The zero-order valence-electron chi connectivity index (χ0n) is 18.6. The van der Waals surface area contributed by atoms with Crippen LogP contribution in [0.15, 0.2) is 47.6 Å². The summed E-state index contributed by atoms with van der Waals surface area (Å²) in [7, 11) is 0. The Morgan fingerprint density at radius 1 is 1.20 bits per heavy atom. The number of allylic oxidation sites excluding steroid dienone is 5. The fourth-order valence-electron chi connectivity index (χ4n) is 6.49. The summed E-state index contributed by atoms with van der Waals surface area (Å²) in [5, 5.41) is 20.1. The van der Waals surface area contributed by atoms with Gasteiger partial charge in [-0.25, -0.2) is 0 Å². The van der Waals surface area contributed by atoms with Crippen LogP contribution in [0.2, 0.25) is 0 Å². The van der Waals surface area contributed by atoms with Crippen molar-refractivity contribution in [1.82, 2.24) is 0 Å². The molecule has 3 nitrogen and oxygen atoms in total. The molecule has 0 aromatic carbocycles. The highest BCUT2D eigenvalue weighted by atomic mass is 16.3. The van der Waals surface area contributed by atoms with Gasteiger partial charge in [-0.2, -0.15) is 0 Å². The maximum atomic E-state index is 12.1. The molecule has 0 amide bonds. The van der Waals surface area contributed by atoms with E-state index in [1.165, 1.54) is 31.3 Å². The number of fused-ring (bicyclic) bond motifs is 1. The second kappa shape index (κ2) is 8.59. The van der Waals surface area contributed by atoms with Gasteiger partial charge in [0.05, 0.1) is 12.2 Å². The van der Waals surface area contributed by atoms with E-state index in [4.69, 9.17) is 0 Å². The van der Waals surface area contributed by atoms with E-state index >= 15 is 0 Å². The molecule has 4 rings (SSSR count). The molecule has 0 radical (unpaired) electrons. The van der Waals surface area contributed by atoms with Crippen molar-refractivity contribution in [2.75, 3.05) is 0 Å². The quantitative estimate of drug-likeness (QED) is 0.605. The standard InChI is InChI=1S/C27H38O3/c1-17(6-13-25(29)20-8-9-20)23-11-12-24-19(5-4-14-27(23,24)3)7-10-21-15-22(28)16-26(30)18(21)2/h6-7,10,13,17,20,22-24,26,28,30H,2,4-5,8-9,11-12,14-16H2,1,3H3/t17-,22?,23-,24+,26?,27-/m1/s1. The fraction of sp³-hybridized carbons (Fsp3) is 0.667. The Morgan fingerprint density at radius 2 is 1.97 bits per heavy atom. The first-order chi connectivity index (χ1) is 14.3. The smallest absolute Gasteiger partial charge is 0.158 e. The van der Waals surface area contributed by atoms with Gasteiger partial charge in [-0.15, -0.1) is 0 Å². The Hall–Kier alpha value is -1.45. The van der Waals surface area contributed by atoms with Crippen molar-refractivity contribution < 1.29 is 15.0 Å². The predicted molar refractivity (Wildman–Crippen MR) is 121 cm³/mol. The van der Waals surface area contributed by atoms with Crippen LogP contribution in [0.3, 0.4) is 0 Å². The minimum atomic E-state index is -0.628. The molecule has 0 aliphatic heterocycles. The average molecular weight is 411 g/mol. The number of hydrogen-bond donors (Lipinski definition) is 2. The van der Waals surface area contributed by atoms with Gasteiger partial charge < -0.3 is 10.2 Å². The third kappa shape index (κ3) is 4.29. The van der Waals surface area contributed by atoms with E-state index in [1.54, 1.807) is 0 Å². The highest BCUT2D eigenvalue weighted by molar-refractivity contribution is 5.93. The Bertz CT molecular complexity index is 784. The fourth-order valence-corrected chi connectivity index (χ4v) is 6.49. The van der Waals surface area contributed by atoms with E-state index in [-0.39, 0.29) is 5.41 Å². The van der Waals surface area contributed by atoms with Crippen LogP contribution in [-0.4, -0.2) is 28.2 Å². The third-order valence-electron chi connectivity index (χ3n) is 8.48. The van der Waals surface area contributed by atoms with Crippen LogP contribution in [0, 0.1) is 29.1 Å². The van der Waals surface area contributed by atoms with Crippen molar-refractivity contribution in [3.8, 4) is 0 Å². The molecule has 0 aromatic heterocycles. The second-order valence-electron chi connectivity index (χ2n) is 10.6. The minimum absolute atomic E-state index is 0.289. The number of aliphatic hydroxyl groups is 2. The summed E-state index contributed by atoms with van der Waals surface area (Å²) >= 11 is 0. The van der Waals surface area contributed by atoms with E-state index < -0.39 is 12.2 Å². The Labute approximate surface area is 181 Å². The third-order valence-corrected chi connectivity index (χ3v) is 8.48. The van der Waals surface area contributed by atoms with Crippen LogP contribution in [0.25, 0.3) is 0 Å². The molecule has 4 saturated carbocycles. The molecule has 0 heterocycles. The Kier molecular flexibility index (Phi) is 6.23. The molecule has 0 aromatic rings. The van der Waals surface area contributed by atoms with Gasteiger partial charge in [0.1, 0.15) is 0 Å². The Balaban J connectivity index is 1.49. The summed E-state index contributed by atoms with van der Waals surface area (Å²) in [4.78, 5) is 12.1. The van der Waals surface area contributed by atoms with Gasteiger partial charge in [-0.1, -0.05) is 44.2 Å². The van der Waals surface area contributed by atoms with Crippen LogP contribution in [0.4, 0.5) is 0 Å². The lowest BCUT2D eigenvalue weighted by atomic mass is 9.61. The van der Waals surface area contributed by atoms with Gasteiger partial charge in [0.2, 0.25) is 0 Å².